The fourth-order valence-electron chi connectivity index (χ4n) is 1.99. The molecule has 1 aliphatic heterocycles. The highest BCUT2D eigenvalue weighted by Gasteiger charge is 2.34. The number of nitrogens with one attached hydrogen (secondary N) is 1. The van der Waals surface area contributed by atoms with Crippen molar-refractivity contribution in [2.45, 2.75) is 32.1 Å². The lowest BCUT2D eigenvalue weighted by atomic mass is 10.2. The number of aromatic nitrogens is 1. The van der Waals surface area contributed by atoms with Gasteiger partial charge in [0.05, 0.1) is 12.2 Å². The van der Waals surface area contributed by atoms with Crippen molar-refractivity contribution in [3.05, 3.63) is 5.56 Å². The van der Waals surface area contributed by atoms with Crippen LogP contribution in [0.3, 0.4) is 0 Å². The minimum absolute atomic E-state index is 0.00518. The molecule has 1 amide bonds. The number of amides is 1. The molecule has 2 unspecified atom stereocenters. The van der Waals surface area contributed by atoms with Crippen molar-refractivity contribution in [3.63, 3.8) is 0 Å². The van der Waals surface area contributed by atoms with Gasteiger partial charge >= 0.3 is 0 Å². The van der Waals surface area contributed by atoms with E-state index in [2.05, 4.69) is 9.69 Å². The second-order valence-electron chi connectivity index (χ2n) is 4.92. The number of aliphatic hydroxyl groups excluding tert-OH is 2. The first kappa shape index (κ1) is 14.0. The molecule has 1 fully saturated rings. The topological polar surface area (TPSA) is 112 Å². The highest BCUT2D eigenvalue weighted by Crippen LogP contribution is 2.33. The Labute approximate surface area is 115 Å². The van der Waals surface area contributed by atoms with E-state index in [1.165, 1.54) is 0 Å². The molecule has 5 N–H and O–H groups in total. The smallest absolute Gasteiger partial charge is 0.258 e. The van der Waals surface area contributed by atoms with Crippen LogP contribution in [0.25, 0.3) is 0 Å². The van der Waals surface area contributed by atoms with Crippen LogP contribution in [0.15, 0.2) is 0 Å². The first-order valence-electron chi connectivity index (χ1n) is 6.07. The number of nitrogens with two attached hydrogens (primary N) is 1. The Balaban J connectivity index is 2.25. The van der Waals surface area contributed by atoms with Crippen LogP contribution in [-0.2, 0) is 0 Å². The van der Waals surface area contributed by atoms with Crippen molar-refractivity contribution in [1.82, 2.24) is 9.69 Å². The molecule has 2 rings (SSSR count). The zero-order valence-corrected chi connectivity index (χ0v) is 11.6. The van der Waals surface area contributed by atoms with Gasteiger partial charge in [0.15, 0.2) is 5.82 Å². The van der Waals surface area contributed by atoms with Gasteiger partial charge in [-0.25, -0.2) is 0 Å². The van der Waals surface area contributed by atoms with Crippen LogP contribution in [0.2, 0.25) is 0 Å². The lowest BCUT2D eigenvalue weighted by Crippen LogP contribution is -2.32. The van der Waals surface area contributed by atoms with Crippen molar-refractivity contribution in [2.75, 3.05) is 23.7 Å². The first-order chi connectivity index (χ1) is 8.90. The van der Waals surface area contributed by atoms with Crippen LogP contribution in [0, 0.1) is 0 Å². The number of nitrogen functional groups attached to an aromatic ring is 1. The van der Waals surface area contributed by atoms with Crippen LogP contribution in [0.4, 0.5) is 10.8 Å². The van der Waals surface area contributed by atoms with Crippen LogP contribution < -0.4 is 16.0 Å². The van der Waals surface area contributed by atoms with Crippen LogP contribution in [0.5, 0.6) is 0 Å². The Morgan fingerprint density at radius 2 is 2.05 bits per heavy atom. The SMILES string of the molecule is CC(C)NC(=O)c1c(N)nsc1N1CC(O)C(O)C1. The summed E-state index contributed by atoms with van der Waals surface area (Å²) >= 11 is 1.10. The molecule has 1 aromatic heterocycles. The van der Waals surface area contributed by atoms with Gasteiger partial charge in [-0.3, -0.25) is 4.79 Å². The molecule has 0 bridgehead atoms. The average molecular weight is 286 g/mol. The summed E-state index contributed by atoms with van der Waals surface area (Å²) < 4.78 is 3.99. The second-order valence-corrected chi connectivity index (χ2v) is 5.67. The standard InChI is InChI=1S/C11H18N4O3S/c1-5(2)13-10(18)8-9(12)14-19-11(8)15-3-6(16)7(17)4-15/h5-7,16-17H,3-4H2,1-2H3,(H2,12,14)(H,13,18). The van der Waals surface area contributed by atoms with E-state index in [-0.39, 0.29) is 30.9 Å². The molecule has 8 heteroatoms. The molecule has 0 radical (unpaired) electrons. The minimum Gasteiger partial charge on any atom is -0.389 e. The van der Waals surface area contributed by atoms with Crippen molar-refractivity contribution in [3.8, 4) is 0 Å². The molecule has 106 valence electrons. The summed E-state index contributed by atoms with van der Waals surface area (Å²) in [6.45, 7) is 4.25. The van der Waals surface area contributed by atoms with Gasteiger partial charge in [-0.05, 0) is 25.4 Å². The highest BCUT2D eigenvalue weighted by atomic mass is 32.1. The van der Waals surface area contributed by atoms with Crippen molar-refractivity contribution in [1.29, 1.82) is 0 Å². The molecule has 1 saturated heterocycles. The van der Waals surface area contributed by atoms with Gasteiger partial charge in [-0.2, -0.15) is 4.37 Å². The summed E-state index contributed by atoms with van der Waals surface area (Å²) in [4.78, 5) is 13.8. The van der Waals surface area contributed by atoms with Crippen molar-refractivity contribution < 1.29 is 15.0 Å². The molecular weight excluding hydrogens is 268 g/mol. The van der Waals surface area contributed by atoms with E-state index in [9.17, 15) is 15.0 Å². The normalized spacial score (nSPS) is 23.1. The number of β-amino-alcohol motifs (C(OH)–C–C–N with tert-alkyl or cyclic N) is 2. The maximum absolute atomic E-state index is 12.1. The molecule has 7 nitrogen and oxygen atoms in total. The largest absolute Gasteiger partial charge is 0.389 e. The highest BCUT2D eigenvalue weighted by molar-refractivity contribution is 7.11. The molecule has 1 aliphatic rings. The minimum atomic E-state index is -0.815. The Hall–Kier alpha value is -1.38. The fraction of sp³-hybridized carbons (Fsp3) is 0.636. The average Bonchev–Trinajstić information content (AvgIpc) is 2.82. The summed E-state index contributed by atoms with van der Waals surface area (Å²) in [6.07, 6.45) is -1.63. The molecule has 2 atom stereocenters. The lowest BCUT2D eigenvalue weighted by Gasteiger charge is -2.17. The third-order valence-corrected chi connectivity index (χ3v) is 3.82. The van der Waals surface area contributed by atoms with Crippen LogP contribution in [-0.4, -0.2) is 51.8 Å². The van der Waals surface area contributed by atoms with Crippen LogP contribution >= 0.6 is 11.5 Å². The number of carbonyl (C=O) groups is 1. The monoisotopic (exact) mass is 286 g/mol. The van der Waals surface area contributed by atoms with E-state index in [0.29, 0.717) is 10.6 Å². The Bertz CT molecular complexity index is 467. The zero-order valence-electron chi connectivity index (χ0n) is 10.8. The number of hydrogen-bond donors (Lipinski definition) is 4. The van der Waals surface area contributed by atoms with E-state index in [0.717, 1.165) is 11.5 Å². The second kappa shape index (κ2) is 5.32. The van der Waals surface area contributed by atoms with E-state index in [1.807, 2.05) is 13.8 Å². The molecule has 0 spiro atoms. The third kappa shape index (κ3) is 2.80. The van der Waals surface area contributed by atoms with Crippen LogP contribution in [0.1, 0.15) is 24.2 Å². The number of nitrogens with zero attached hydrogens (tertiary/aromatic N) is 2. The third-order valence-electron chi connectivity index (χ3n) is 2.89. The summed E-state index contributed by atoms with van der Waals surface area (Å²) in [5, 5.41) is 22.5. The van der Waals surface area contributed by atoms with E-state index in [1.54, 1.807) is 4.90 Å². The summed E-state index contributed by atoms with van der Waals surface area (Å²) in [6, 6.07) is -0.00518. The quantitative estimate of drug-likeness (QED) is 0.591. The van der Waals surface area contributed by atoms with Crippen molar-refractivity contribution in [2.24, 2.45) is 0 Å². The maximum atomic E-state index is 12.1. The fourth-order valence-corrected chi connectivity index (χ4v) is 2.82. The summed E-state index contributed by atoms with van der Waals surface area (Å²) in [5.41, 5.74) is 6.06. The van der Waals surface area contributed by atoms with E-state index >= 15 is 0 Å². The van der Waals surface area contributed by atoms with Gasteiger partial charge in [0.1, 0.15) is 10.6 Å². The van der Waals surface area contributed by atoms with Gasteiger partial charge in [0.25, 0.3) is 5.91 Å². The molecule has 0 saturated carbocycles. The Kier molecular flexibility index (Phi) is 3.93. The molecule has 0 aromatic carbocycles. The van der Waals surface area contributed by atoms with E-state index in [4.69, 9.17) is 5.73 Å². The van der Waals surface area contributed by atoms with Gasteiger partial charge < -0.3 is 26.2 Å². The maximum Gasteiger partial charge on any atom is 0.258 e. The van der Waals surface area contributed by atoms with Gasteiger partial charge in [0.2, 0.25) is 0 Å². The van der Waals surface area contributed by atoms with Gasteiger partial charge in [-0.15, -0.1) is 0 Å². The molecule has 1 aromatic rings. The Morgan fingerprint density at radius 1 is 1.47 bits per heavy atom. The number of aliphatic hydroxyl groups is 2. The van der Waals surface area contributed by atoms with Crippen molar-refractivity contribution >= 4 is 28.3 Å². The molecule has 19 heavy (non-hydrogen) atoms. The van der Waals surface area contributed by atoms with Gasteiger partial charge in [-0.1, -0.05) is 0 Å². The lowest BCUT2D eigenvalue weighted by molar-refractivity contribution is 0.0572. The predicted octanol–water partition coefficient (Wildman–Crippen LogP) is -0.595. The molecule has 0 aliphatic carbocycles. The molecule has 2 heterocycles. The first-order valence-corrected chi connectivity index (χ1v) is 6.84. The summed E-state index contributed by atoms with van der Waals surface area (Å²) in [7, 11) is 0. The zero-order chi connectivity index (χ0) is 14.2. The number of hydrogen-bond acceptors (Lipinski definition) is 7. The Morgan fingerprint density at radius 3 is 2.58 bits per heavy atom. The number of carbonyl (C=O) groups excluding carboxylic acids is 1. The molecular formula is C11H18N4O3S. The number of rotatable bonds is 3. The van der Waals surface area contributed by atoms with Gasteiger partial charge in [0, 0.05) is 19.1 Å². The predicted molar refractivity (Wildman–Crippen MR) is 73.4 cm³/mol. The number of anilines is 2. The summed E-state index contributed by atoms with van der Waals surface area (Å²) in [5.74, 6) is -0.110. The van der Waals surface area contributed by atoms with E-state index < -0.39 is 12.2 Å².